The van der Waals surface area contributed by atoms with E-state index < -0.39 is 5.41 Å². The number of carbonyl (C=O) groups excluding carboxylic acids is 1. The average Bonchev–Trinajstić information content (AvgIpc) is 2.75. The largest absolute Gasteiger partial charge is 0.381 e. The molecule has 4 rings (SSSR count). The molecule has 1 aromatic carbocycles. The SMILES string of the molecule is O=C(N1CCN(c2cnccn2)CC1)C1(c2ccccc2)CCOCC1. The van der Waals surface area contributed by atoms with Gasteiger partial charge in [0.05, 0.1) is 11.6 Å². The third-order valence-corrected chi connectivity index (χ3v) is 5.52. The topological polar surface area (TPSA) is 58.6 Å². The Hall–Kier alpha value is -2.47. The maximum atomic E-state index is 13.5. The van der Waals surface area contributed by atoms with Crippen molar-refractivity contribution in [3.05, 3.63) is 54.5 Å². The molecule has 2 aliphatic rings. The van der Waals surface area contributed by atoms with Gasteiger partial charge in [0.2, 0.25) is 5.91 Å². The molecular weight excluding hydrogens is 328 g/mol. The lowest BCUT2D eigenvalue weighted by Crippen LogP contribution is -2.56. The number of anilines is 1. The van der Waals surface area contributed by atoms with Crippen molar-refractivity contribution in [2.24, 2.45) is 0 Å². The van der Waals surface area contributed by atoms with Crippen LogP contribution in [0.1, 0.15) is 18.4 Å². The van der Waals surface area contributed by atoms with Gasteiger partial charge in [-0.05, 0) is 18.4 Å². The van der Waals surface area contributed by atoms with Crippen molar-refractivity contribution < 1.29 is 9.53 Å². The summed E-state index contributed by atoms with van der Waals surface area (Å²) in [4.78, 5) is 26.3. The Bertz CT molecular complexity index is 724. The molecule has 2 saturated heterocycles. The molecule has 0 unspecified atom stereocenters. The molecular formula is C20H24N4O2. The van der Waals surface area contributed by atoms with Crippen molar-refractivity contribution in [2.75, 3.05) is 44.3 Å². The van der Waals surface area contributed by atoms with Gasteiger partial charge in [0.1, 0.15) is 5.82 Å². The lowest BCUT2D eigenvalue weighted by Gasteiger charge is -2.43. The van der Waals surface area contributed by atoms with Crippen LogP contribution in [0.2, 0.25) is 0 Å². The average molecular weight is 352 g/mol. The third-order valence-electron chi connectivity index (χ3n) is 5.52. The van der Waals surface area contributed by atoms with Gasteiger partial charge in [-0.15, -0.1) is 0 Å². The van der Waals surface area contributed by atoms with Gasteiger partial charge < -0.3 is 14.5 Å². The van der Waals surface area contributed by atoms with Crippen LogP contribution in [0.3, 0.4) is 0 Å². The normalized spacial score (nSPS) is 20.0. The zero-order chi connectivity index (χ0) is 17.8. The van der Waals surface area contributed by atoms with Gasteiger partial charge in [0.25, 0.3) is 0 Å². The van der Waals surface area contributed by atoms with Crippen molar-refractivity contribution in [2.45, 2.75) is 18.3 Å². The van der Waals surface area contributed by atoms with E-state index in [4.69, 9.17) is 4.74 Å². The standard InChI is InChI=1S/C20H24N4O2/c25-19(20(6-14-26-15-7-20)17-4-2-1-3-5-17)24-12-10-23(11-13-24)18-16-21-8-9-22-18/h1-5,8-9,16H,6-7,10-15H2. The van der Waals surface area contributed by atoms with E-state index in [0.29, 0.717) is 26.3 Å². The van der Waals surface area contributed by atoms with Crippen molar-refractivity contribution in [1.82, 2.24) is 14.9 Å². The first-order valence-electron chi connectivity index (χ1n) is 9.23. The van der Waals surface area contributed by atoms with Crippen LogP contribution in [-0.2, 0) is 14.9 Å². The number of nitrogens with zero attached hydrogens (tertiary/aromatic N) is 4. The van der Waals surface area contributed by atoms with Crippen LogP contribution in [0.5, 0.6) is 0 Å². The molecule has 136 valence electrons. The zero-order valence-electron chi connectivity index (χ0n) is 14.9. The van der Waals surface area contributed by atoms with Gasteiger partial charge in [0.15, 0.2) is 0 Å². The summed E-state index contributed by atoms with van der Waals surface area (Å²) in [6.07, 6.45) is 6.67. The quantitative estimate of drug-likeness (QED) is 0.844. The van der Waals surface area contributed by atoms with E-state index in [9.17, 15) is 4.79 Å². The van der Waals surface area contributed by atoms with Gasteiger partial charge >= 0.3 is 0 Å². The number of hydrogen-bond acceptors (Lipinski definition) is 5. The maximum Gasteiger partial charge on any atom is 0.233 e. The zero-order valence-corrected chi connectivity index (χ0v) is 14.9. The number of aromatic nitrogens is 2. The van der Waals surface area contributed by atoms with E-state index in [0.717, 1.165) is 37.3 Å². The molecule has 0 spiro atoms. The predicted molar refractivity (Wildman–Crippen MR) is 99.0 cm³/mol. The van der Waals surface area contributed by atoms with Gasteiger partial charge in [0, 0.05) is 51.8 Å². The van der Waals surface area contributed by atoms with Gasteiger partial charge in [-0.1, -0.05) is 30.3 Å². The van der Waals surface area contributed by atoms with E-state index in [1.807, 2.05) is 23.1 Å². The fourth-order valence-corrected chi connectivity index (χ4v) is 4.00. The molecule has 6 nitrogen and oxygen atoms in total. The van der Waals surface area contributed by atoms with Gasteiger partial charge in [-0.3, -0.25) is 9.78 Å². The molecule has 0 saturated carbocycles. The number of rotatable bonds is 3. The van der Waals surface area contributed by atoms with Crippen molar-refractivity contribution in [3.63, 3.8) is 0 Å². The lowest BCUT2D eigenvalue weighted by atomic mass is 9.73. The van der Waals surface area contributed by atoms with E-state index in [1.54, 1.807) is 18.6 Å². The highest BCUT2D eigenvalue weighted by molar-refractivity contribution is 5.88. The number of carbonyl (C=O) groups is 1. The van der Waals surface area contributed by atoms with Gasteiger partial charge in [-0.25, -0.2) is 4.98 Å². The molecule has 0 bridgehead atoms. The number of ether oxygens (including phenoxy) is 1. The molecule has 0 radical (unpaired) electrons. The number of piperazine rings is 1. The number of hydrogen-bond donors (Lipinski definition) is 0. The van der Waals surface area contributed by atoms with E-state index in [1.165, 1.54) is 0 Å². The molecule has 26 heavy (non-hydrogen) atoms. The summed E-state index contributed by atoms with van der Waals surface area (Å²) in [5.74, 6) is 1.12. The van der Waals surface area contributed by atoms with Crippen molar-refractivity contribution in [3.8, 4) is 0 Å². The minimum absolute atomic E-state index is 0.241. The summed E-state index contributed by atoms with van der Waals surface area (Å²) in [7, 11) is 0. The fraction of sp³-hybridized carbons (Fsp3) is 0.450. The summed E-state index contributed by atoms with van der Waals surface area (Å²) >= 11 is 0. The van der Waals surface area contributed by atoms with Crippen LogP contribution in [-0.4, -0.2) is 60.2 Å². The lowest BCUT2D eigenvalue weighted by molar-refractivity contribution is -0.141. The monoisotopic (exact) mass is 352 g/mol. The highest BCUT2D eigenvalue weighted by Crippen LogP contribution is 2.37. The van der Waals surface area contributed by atoms with Crippen LogP contribution < -0.4 is 4.90 Å². The smallest absolute Gasteiger partial charge is 0.233 e. The highest BCUT2D eigenvalue weighted by Gasteiger charge is 2.44. The van der Waals surface area contributed by atoms with Gasteiger partial charge in [-0.2, -0.15) is 0 Å². The highest BCUT2D eigenvalue weighted by atomic mass is 16.5. The van der Waals surface area contributed by atoms with E-state index in [2.05, 4.69) is 27.0 Å². The maximum absolute atomic E-state index is 13.5. The Morgan fingerprint density at radius 1 is 1.00 bits per heavy atom. The van der Waals surface area contributed by atoms with Crippen molar-refractivity contribution >= 4 is 11.7 Å². The minimum Gasteiger partial charge on any atom is -0.381 e. The first kappa shape index (κ1) is 17.0. The molecule has 3 heterocycles. The van der Waals surface area contributed by atoms with Crippen LogP contribution >= 0.6 is 0 Å². The molecule has 6 heteroatoms. The van der Waals surface area contributed by atoms with Crippen LogP contribution in [0.15, 0.2) is 48.9 Å². The summed E-state index contributed by atoms with van der Waals surface area (Å²) < 4.78 is 5.56. The van der Waals surface area contributed by atoms with E-state index >= 15 is 0 Å². The van der Waals surface area contributed by atoms with Crippen molar-refractivity contribution in [1.29, 1.82) is 0 Å². The second-order valence-electron chi connectivity index (χ2n) is 6.90. The van der Waals surface area contributed by atoms with Crippen LogP contribution in [0.4, 0.5) is 5.82 Å². The second-order valence-corrected chi connectivity index (χ2v) is 6.90. The third kappa shape index (κ3) is 3.17. The summed E-state index contributed by atoms with van der Waals surface area (Å²) in [5.41, 5.74) is 0.665. The Morgan fingerprint density at radius 2 is 1.73 bits per heavy atom. The summed E-state index contributed by atoms with van der Waals surface area (Å²) in [6.45, 7) is 4.27. The molecule has 0 atom stereocenters. The minimum atomic E-state index is -0.450. The molecule has 2 fully saturated rings. The molecule has 2 aromatic rings. The summed E-state index contributed by atoms with van der Waals surface area (Å²) in [5, 5.41) is 0. The predicted octanol–water partition coefficient (Wildman–Crippen LogP) is 1.87. The fourth-order valence-electron chi connectivity index (χ4n) is 4.00. The number of amides is 1. The molecule has 1 aromatic heterocycles. The number of benzene rings is 1. The first-order chi connectivity index (χ1) is 12.8. The Morgan fingerprint density at radius 3 is 2.38 bits per heavy atom. The first-order valence-corrected chi connectivity index (χ1v) is 9.23. The van der Waals surface area contributed by atoms with Crippen LogP contribution in [0, 0.1) is 0 Å². The van der Waals surface area contributed by atoms with E-state index in [-0.39, 0.29) is 5.91 Å². The molecule has 2 aliphatic heterocycles. The molecule has 0 N–H and O–H groups in total. The Balaban J connectivity index is 1.51. The molecule has 1 amide bonds. The van der Waals surface area contributed by atoms with Crippen LogP contribution in [0.25, 0.3) is 0 Å². The molecule has 0 aliphatic carbocycles. The Labute approximate surface area is 153 Å². The Kier molecular flexibility index (Phi) is 4.84. The summed E-state index contributed by atoms with van der Waals surface area (Å²) in [6, 6.07) is 10.2. The second kappa shape index (κ2) is 7.41.